The van der Waals surface area contributed by atoms with Gasteiger partial charge in [-0.3, -0.25) is 0 Å². The minimum atomic E-state index is -0.657. The summed E-state index contributed by atoms with van der Waals surface area (Å²) in [6, 6.07) is 4.20. The molecule has 1 heterocycles. The van der Waals surface area contributed by atoms with E-state index in [4.69, 9.17) is 14.2 Å². The minimum Gasteiger partial charge on any atom is -0.493 e. The van der Waals surface area contributed by atoms with Gasteiger partial charge in [0.25, 0.3) is 0 Å². The summed E-state index contributed by atoms with van der Waals surface area (Å²) in [5.41, 5.74) is 1.45. The van der Waals surface area contributed by atoms with Crippen molar-refractivity contribution in [2.75, 3.05) is 20.3 Å². The average Bonchev–Trinajstić information content (AvgIpc) is 2.59. The Bertz CT molecular complexity index is 711. The van der Waals surface area contributed by atoms with Crippen molar-refractivity contribution < 1.29 is 23.8 Å². The van der Waals surface area contributed by atoms with Crippen LogP contribution in [0.5, 0.6) is 11.5 Å². The molecule has 0 spiro atoms. The first-order valence-corrected chi connectivity index (χ1v) is 7.88. The number of carbonyl (C=O) groups is 2. The molecule has 0 fully saturated rings. The summed E-state index contributed by atoms with van der Waals surface area (Å²) in [6.45, 7) is 7.64. The summed E-state index contributed by atoms with van der Waals surface area (Å²) in [5.74, 6) is 0.580. The third-order valence-electron chi connectivity index (χ3n) is 3.64. The Balaban J connectivity index is 2.43. The normalized spacial score (nSPS) is 16.6. The second-order valence-electron chi connectivity index (χ2n) is 5.30. The highest BCUT2D eigenvalue weighted by atomic mass is 16.5. The van der Waals surface area contributed by atoms with Crippen LogP contribution >= 0.6 is 0 Å². The predicted octanol–water partition coefficient (Wildman–Crippen LogP) is 2.45. The van der Waals surface area contributed by atoms with Gasteiger partial charge in [0, 0.05) is 5.70 Å². The van der Waals surface area contributed by atoms with E-state index in [-0.39, 0.29) is 6.61 Å². The third kappa shape index (κ3) is 4.12. The van der Waals surface area contributed by atoms with Gasteiger partial charge in [-0.15, -0.1) is 0 Å². The smallest absolute Gasteiger partial charge is 0.338 e. The summed E-state index contributed by atoms with van der Waals surface area (Å²) >= 11 is 0. The quantitative estimate of drug-likeness (QED) is 0.585. The number of benzene rings is 1. The average molecular weight is 346 g/mol. The fourth-order valence-corrected chi connectivity index (χ4v) is 2.57. The van der Waals surface area contributed by atoms with E-state index in [1.807, 2.05) is 6.92 Å². The molecule has 0 bridgehead atoms. The molecule has 1 aromatic carbocycles. The van der Waals surface area contributed by atoms with Gasteiger partial charge in [0.2, 0.25) is 0 Å². The summed E-state index contributed by atoms with van der Waals surface area (Å²) in [7, 11) is 1.53. The first-order valence-electron chi connectivity index (χ1n) is 7.88. The van der Waals surface area contributed by atoms with Crippen molar-refractivity contribution in [3.05, 3.63) is 47.7 Å². The van der Waals surface area contributed by atoms with Gasteiger partial charge in [0.1, 0.15) is 6.61 Å². The molecule has 134 valence electrons. The van der Waals surface area contributed by atoms with Gasteiger partial charge < -0.3 is 24.8 Å². The number of amides is 2. The van der Waals surface area contributed by atoms with Crippen LogP contribution in [0.15, 0.2) is 42.1 Å². The van der Waals surface area contributed by atoms with Gasteiger partial charge in [-0.05, 0) is 31.5 Å². The van der Waals surface area contributed by atoms with E-state index < -0.39 is 18.0 Å². The summed E-state index contributed by atoms with van der Waals surface area (Å²) in [5, 5.41) is 5.34. The number of carbonyl (C=O) groups excluding carboxylic acids is 2. The summed E-state index contributed by atoms with van der Waals surface area (Å²) < 4.78 is 16.0. The third-order valence-corrected chi connectivity index (χ3v) is 3.64. The Morgan fingerprint density at radius 1 is 1.36 bits per heavy atom. The first-order chi connectivity index (χ1) is 12.0. The van der Waals surface area contributed by atoms with Crippen molar-refractivity contribution >= 4 is 12.0 Å². The number of nitrogens with one attached hydrogen (secondary N) is 2. The molecular formula is C18H22N2O5. The monoisotopic (exact) mass is 346 g/mol. The van der Waals surface area contributed by atoms with Crippen molar-refractivity contribution in [2.24, 2.45) is 0 Å². The maximum absolute atomic E-state index is 12.4. The highest BCUT2D eigenvalue weighted by molar-refractivity contribution is 5.95. The zero-order valence-corrected chi connectivity index (χ0v) is 14.5. The van der Waals surface area contributed by atoms with Crippen LogP contribution in [-0.2, 0) is 9.53 Å². The zero-order valence-electron chi connectivity index (χ0n) is 14.5. The Hall–Kier alpha value is -2.96. The van der Waals surface area contributed by atoms with E-state index in [1.165, 1.54) is 13.2 Å². The van der Waals surface area contributed by atoms with Gasteiger partial charge in [-0.25, -0.2) is 9.59 Å². The van der Waals surface area contributed by atoms with Gasteiger partial charge in [0.05, 0.1) is 25.3 Å². The molecule has 25 heavy (non-hydrogen) atoms. The van der Waals surface area contributed by atoms with Crippen LogP contribution < -0.4 is 20.1 Å². The molecule has 0 aliphatic carbocycles. The molecule has 7 heteroatoms. The standard InChI is InChI=1S/C18H22N2O5/c1-5-9-25-17(21)15-11(3)19-18(22)20-16(15)12-7-8-13(24-6-2)14(10-12)23-4/h5,7-8,10,16H,1,6,9H2,2-4H3,(H2,19,20,22). The summed E-state index contributed by atoms with van der Waals surface area (Å²) in [4.78, 5) is 24.3. The van der Waals surface area contributed by atoms with Crippen LogP contribution in [0.4, 0.5) is 4.79 Å². The van der Waals surface area contributed by atoms with E-state index in [0.717, 1.165) is 0 Å². The van der Waals surface area contributed by atoms with Crippen molar-refractivity contribution in [1.29, 1.82) is 0 Å². The van der Waals surface area contributed by atoms with E-state index in [9.17, 15) is 9.59 Å². The Morgan fingerprint density at radius 2 is 2.12 bits per heavy atom. The van der Waals surface area contributed by atoms with Gasteiger partial charge in [0.15, 0.2) is 11.5 Å². The number of ether oxygens (including phenoxy) is 3. The lowest BCUT2D eigenvalue weighted by Gasteiger charge is -2.28. The van der Waals surface area contributed by atoms with Crippen LogP contribution in [0, 0.1) is 0 Å². The van der Waals surface area contributed by atoms with E-state index >= 15 is 0 Å². The molecule has 1 atom stereocenters. The van der Waals surface area contributed by atoms with Crippen LogP contribution in [0.2, 0.25) is 0 Å². The molecule has 0 radical (unpaired) electrons. The fraction of sp³-hybridized carbons (Fsp3) is 0.333. The lowest BCUT2D eigenvalue weighted by Crippen LogP contribution is -2.45. The van der Waals surface area contributed by atoms with Crippen LogP contribution in [0.25, 0.3) is 0 Å². The molecule has 1 aromatic rings. The topological polar surface area (TPSA) is 85.9 Å². The molecule has 0 saturated heterocycles. The minimum absolute atomic E-state index is 0.0862. The zero-order chi connectivity index (χ0) is 18.4. The molecule has 2 N–H and O–H groups in total. The van der Waals surface area contributed by atoms with Crippen LogP contribution in [0.3, 0.4) is 0 Å². The molecular weight excluding hydrogens is 324 g/mol. The fourth-order valence-electron chi connectivity index (χ4n) is 2.57. The molecule has 7 nitrogen and oxygen atoms in total. The SMILES string of the molecule is C=CCOC(=O)C1=C(C)NC(=O)NC1c1ccc(OCC)c(OC)c1. The van der Waals surface area contributed by atoms with Gasteiger partial charge in [-0.1, -0.05) is 18.7 Å². The highest BCUT2D eigenvalue weighted by Gasteiger charge is 2.32. The maximum atomic E-state index is 12.4. The number of allylic oxidation sites excluding steroid dienone is 1. The second-order valence-corrected chi connectivity index (χ2v) is 5.30. The van der Waals surface area contributed by atoms with Crippen LogP contribution in [0.1, 0.15) is 25.5 Å². The van der Waals surface area contributed by atoms with E-state index in [1.54, 1.807) is 25.1 Å². The Kier molecular flexibility index (Phi) is 6.05. The molecule has 0 saturated carbocycles. The van der Waals surface area contributed by atoms with Crippen molar-refractivity contribution in [1.82, 2.24) is 10.6 Å². The molecule has 1 unspecified atom stereocenters. The van der Waals surface area contributed by atoms with Gasteiger partial charge in [-0.2, -0.15) is 0 Å². The van der Waals surface area contributed by atoms with E-state index in [2.05, 4.69) is 17.2 Å². The van der Waals surface area contributed by atoms with E-state index in [0.29, 0.717) is 34.9 Å². The maximum Gasteiger partial charge on any atom is 0.338 e. The Labute approximate surface area is 146 Å². The number of rotatable bonds is 7. The van der Waals surface area contributed by atoms with Gasteiger partial charge >= 0.3 is 12.0 Å². The molecule has 1 aliphatic heterocycles. The van der Waals surface area contributed by atoms with Crippen LogP contribution in [-0.4, -0.2) is 32.3 Å². The highest BCUT2D eigenvalue weighted by Crippen LogP contribution is 2.34. The number of urea groups is 1. The first kappa shape index (κ1) is 18.4. The molecule has 2 amide bonds. The van der Waals surface area contributed by atoms with Crippen molar-refractivity contribution in [3.63, 3.8) is 0 Å². The number of hydrogen-bond donors (Lipinski definition) is 2. The molecule has 2 rings (SSSR count). The number of methoxy groups -OCH3 is 1. The Morgan fingerprint density at radius 3 is 2.76 bits per heavy atom. The molecule has 1 aliphatic rings. The predicted molar refractivity (Wildman–Crippen MR) is 92.4 cm³/mol. The van der Waals surface area contributed by atoms with Crippen molar-refractivity contribution in [3.8, 4) is 11.5 Å². The number of esters is 1. The second kappa shape index (κ2) is 8.23. The number of hydrogen-bond acceptors (Lipinski definition) is 5. The largest absolute Gasteiger partial charge is 0.493 e. The summed E-state index contributed by atoms with van der Waals surface area (Å²) in [6.07, 6.45) is 1.48. The lowest BCUT2D eigenvalue weighted by molar-refractivity contribution is -0.138. The molecule has 0 aromatic heterocycles. The van der Waals surface area contributed by atoms with Crippen molar-refractivity contribution in [2.45, 2.75) is 19.9 Å². The lowest BCUT2D eigenvalue weighted by atomic mass is 9.95.